The normalized spacial score (nSPS) is 9.67. The van der Waals surface area contributed by atoms with Crippen LogP contribution in [0.25, 0.3) is 0 Å². The van der Waals surface area contributed by atoms with Gasteiger partial charge >= 0.3 is 0 Å². The summed E-state index contributed by atoms with van der Waals surface area (Å²) in [4.78, 5) is 0. The fraction of sp³-hybridized carbons (Fsp3) is 0.417. The van der Waals surface area contributed by atoms with Gasteiger partial charge in [0.25, 0.3) is 0 Å². The van der Waals surface area contributed by atoms with Gasteiger partial charge in [0, 0.05) is 7.11 Å². The zero-order valence-electron chi connectivity index (χ0n) is 9.12. The van der Waals surface area contributed by atoms with E-state index in [2.05, 4.69) is 13.0 Å². The molecule has 1 aromatic carbocycles. The van der Waals surface area contributed by atoms with Crippen LogP contribution in [0.15, 0.2) is 18.2 Å². The summed E-state index contributed by atoms with van der Waals surface area (Å²) in [6.07, 6.45) is 0.897. The first-order chi connectivity index (χ1) is 7.31. The summed E-state index contributed by atoms with van der Waals surface area (Å²) in [5.74, 6) is 0.786. The molecule has 0 bridgehead atoms. The van der Waals surface area contributed by atoms with Crippen molar-refractivity contribution in [2.24, 2.45) is 0 Å². The Morgan fingerprint density at radius 3 is 2.73 bits per heavy atom. The van der Waals surface area contributed by atoms with Crippen LogP contribution in [-0.2, 0) is 11.2 Å². The van der Waals surface area contributed by atoms with E-state index in [-0.39, 0.29) is 0 Å². The van der Waals surface area contributed by atoms with E-state index < -0.39 is 0 Å². The molecular formula is C12H15NO2. The Labute approximate surface area is 90.2 Å². The van der Waals surface area contributed by atoms with Crippen LogP contribution in [0.2, 0.25) is 0 Å². The first-order valence-electron chi connectivity index (χ1n) is 4.96. The molecule has 0 atom stereocenters. The molecule has 0 fully saturated rings. The highest BCUT2D eigenvalue weighted by molar-refractivity contribution is 5.42. The van der Waals surface area contributed by atoms with Crippen molar-refractivity contribution >= 4 is 0 Å². The van der Waals surface area contributed by atoms with Crippen molar-refractivity contribution in [3.8, 4) is 11.8 Å². The van der Waals surface area contributed by atoms with Crippen molar-refractivity contribution in [2.75, 3.05) is 20.3 Å². The number of nitriles is 1. The molecule has 0 amide bonds. The molecular weight excluding hydrogens is 190 g/mol. The highest BCUT2D eigenvalue weighted by Crippen LogP contribution is 2.20. The molecule has 3 nitrogen and oxygen atoms in total. The average Bonchev–Trinajstić information content (AvgIpc) is 2.29. The van der Waals surface area contributed by atoms with Crippen molar-refractivity contribution in [3.05, 3.63) is 29.3 Å². The lowest BCUT2D eigenvalue weighted by Crippen LogP contribution is -2.06. The molecule has 0 spiro atoms. The minimum atomic E-state index is 0.512. The van der Waals surface area contributed by atoms with Gasteiger partial charge in [-0.15, -0.1) is 0 Å². The van der Waals surface area contributed by atoms with E-state index >= 15 is 0 Å². The lowest BCUT2D eigenvalue weighted by Gasteiger charge is -2.10. The molecule has 1 aromatic rings. The van der Waals surface area contributed by atoms with E-state index in [1.165, 1.54) is 0 Å². The molecule has 80 valence electrons. The monoisotopic (exact) mass is 205 g/mol. The van der Waals surface area contributed by atoms with Crippen LogP contribution in [0, 0.1) is 11.3 Å². The fourth-order valence-electron chi connectivity index (χ4n) is 1.29. The summed E-state index contributed by atoms with van der Waals surface area (Å²) < 4.78 is 10.4. The van der Waals surface area contributed by atoms with E-state index in [1.807, 2.05) is 12.1 Å². The number of rotatable bonds is 5. The van der Waals surface area contributed by atoms with Gasteiger partial charge < -0.3 is 9.47 Å². The third-order valence-corrected chi connectivity index (χ3v) is 2.12. The van der Waals surface area contributed by atoms with Gasteiger partial charge in [-0.1, -0.05) is 13.0 Å². The summed E-state index contributed by atoms with van der Waals surface area (Å²) in [7, 11) is 1.63. The average molecular weight is 205 g/mol. The summed E-state index contributed by atoms with van der Waals surface area (Å²) in [5.41, 5.74) is 1.74. The van der Waals surface area contributed by atoms with E-state index in [4.69, 9.17) is 14.7 Å². The molecule has 0 saturated carbocycles. The Kier molecular flexibility index (Phi) is 4.65. The van der Waals surface area contributed by atoms with E-state index in [1.54, 1.807) is 13.2 Å². The Morgan fingerprint density at radius 1 is 1.33 bits per heavy atom. The predicted octanol–water partition coefficient (Wildman–Crippen LogP) is 2.15. The summed E-state index contributed by atoms with van der Waals surface area (Å²) in [6.45, 7) is 3.13. The highest BCUT2D eigenvalue weighted by Gasteiger charge is 2.03. The highest BCUT2D eigenvalue weighted by atomic mass is 16.5. The maximum absolute atomic E-state index is 8.77. The third-order valence-electron chi connectivity index (χ3n) is 2.12. The molecule has 0 aliphatic heterocycles. The number of methoxy groups -OCH3 is 1. The minimum absolute atomic E-state index is 0.512. The number of nitrogens with zero attached hydrogens (tertiary/aromatic N) is 1. The molecule has 0 saturated heterocycles. The number of aryl methyl sites for hydroxylation is 1. The lowest BCUT2D eigenvalue weighted by molar-refractivity contribution is 0.146. The summed E-state index contributed by atoms with van der Waals surface area (Å²) in [6, 6.07) is 7.61. The molecule has 15 heavy (non-hydrogen) atoms. The molecule has 0 radical (unpaired) electrons. The molecule has 0 heterocycles. The summed E-state index contributed by atoms with van der Waals surface area (Å²) >= 11 is 0. The number of hydrogen-bond donors (Lipinski definition) is 0. The van der Waals surface area contributed by atoms with Gasteiger partial charge in [-0.2, -0.15) is 5.26 Å². The predicted molar refractivity (Wildman–Crippen MR) is 57.9 cm³/mol. The van der Waals surface area contributed by atoms with Crippen LogP contribution < -0.4 is 4.74 Å². The molecule has 3 heteroatoms. The van der Waals surface area contributed by atoms with Gasteiger partial charge in [-0.3, -0.25) is 0 Å². The maximum atomic E-state index is 8.77. The van der Waals surface area contributed by atoms with E-state index in [0.29, 0.717) is 18.8 Å². The van der Waals surface area contributed by atoms with Crippen LogP contribution in [-0.4, -0.2) is 20.3 Å². The quantitative estimate of drug-likeness (QED) is 0.692. The second kappa shape index (κ2) is 6.05. The van der Waals surface area contributed by atoms with Gasteiger partial charge in [-0.25, -0.2) is 0 Å². The van der Waals surface area contributed by atoms with Crippen molar-refractivity contribution in [3.63, 3.8) is 0 Å². The van der Waals surface area contributed by atoms with Crippen molar-refractivity contribution < 1.29 is 9.47 Å². The first kappa shape index (κ1) is 11.5. The van der Waals surface area contributed by atoms with Crippen molar-refractivity contribution in [2.45, 2.75) is 13.3 Å². The van der Waals surface area contributed by atoms with Crippen LogP contribution >= 0.6 is 0 Å². The van der Waals surface area contributed by atoms with E-state index in [9.17, 15) is 0 Å². The second-order valence-corrected chi connectivity index (χ2v) is 3.13. The molecule has 0 unspecified atom stereocenters. The molecule has 0 aliphatic carbocycles. The lowest BCUT2D eigenvalue weighted by atomic mass is 10.1. The fourth-order valence-corrected chi connectivity index (χ4v) is 1.29. The van der Waals surface area contributed by atoms with Crippen LogP contribution in [0.3, 0.4) is 0 Å². The van der Waals surface area contributed by atoms with Crippen LogP contribution in [0.4, 0.5) is 0 Å². The standard InChI is InChI=1S/C12H15NO2/c1-3-11-5-4-10(9-13)8-12(11)15-7-6-14-2/h4-5,8H,3,6-7H2,1-2H3. The van der Waals surface area contributed by atoms with Crippen LogP contribution in [0.1, 0.15) is 18.1 Å². The third kappa shape index (κ3) is 3.26. The Morgan fingerprint density at radius 2 is 2.13 bits per heavy atom. The topological polar surface area (TPSA) is 42.2 Å². The molecule has 1 rings (SSSR count). The van der Waals surface area contributed by atoms with Gasteiger partial charge in [0.15, 0.2) is 0 Å². The van der Waals surface area contributed by atoms with Gasteiger partial charge in [0.05, 0.1) is 18.2 Å². The number of benzene rings is 1. The van der Waals surface area contributed by atoms with Crippen molar-refractivity contribution in [1.82, 2.24) is 0 Å². The van der Waals surface area contributed by atoms with Gasteiger partial charge in [0.1, 0.15) is 12.4 Å². The van der Waals surface area contributed by atoms with Gasteiger partial charge in [0.2, 0.25) is 0 Å². The largest absolute Gasteiger partial charge is 0.491 e. The second-order valence-electron chi connectivity index (χ2n) is 3.13. The smallest absolute Gasteiger partial charge is 0.123 e. The summed E-state index contributed by atoms with van der Waals surface area (Å²) in [5, 5.41) is 8.77. The van der Waals surface area contributed by atoms with E-state index in [0.717, 1.165) is 17.7 Å². The molecule has 0 N–H and O–H groups in total. The maximum Gasteiger partial charge on any atom is 0.123 e. The number of hydrogen-bond acceptors (Lipinski definition) is 3. The SMILES string of the molecule is CCc1ccc(C#N)cc1OCCOC. The zero-order valence-corrected chi connectivity index (χ0v) is 9.12. The zero-order chi connectivity index (χ0) is 11.1. The minimum Gasteiger partial charge on any atom is -0.491 e. The van der Waals surface area contributed by atoms with Gasteiger partial charge in [-0.05, 0) is 24.1 Å². The first-order valence-corrected chi connectivity index (χ1v) is 4.96. The van der Waals surface area contributed by atoms with Crippen LogP contribution in [0.5, 0.6) is 5.75 Å². The number of ether oxygens (including phenoxy) is 2. The Bertz CT molecular complexity index is 355. The Balaban J connectivity index is 2.78. The molecule has 0 aliphatic rings. The van der Waals surface area contributed by atoms with Crippen molar-refractivity contribution in [1.29, 1.82) is 5.26 Å². The Hall–Kier alpha value is -1.53. The molecule has 0 aromatic heterocycles.